The van der Waals surface area contributed by atoms with E-state index in [4.69, 9.17) is 86.7 Å². The van der Waals surface area contributed by atoms with E-state index in [1.54, 1.807) is 20.8 Å². The highest BCUT2D eigenvalue weighted by Crippen LogP contribution is 1.77. The van der Waals surface area contributed by atoms with Gasteiger partial charge < -0.3 is 193 Å². The summed E-state index contributed by atoms with van der Waals surface area (Å²) in [6, 6.07) is 0.184. The minimum absolute atomic E-state index is 0.184. The van der Waals surface area contributed by atoms with Crippen LogP contribution in [0.1, 0.15) is 27.7 Å². The third kappa shape index (κ3) is 152. The Kier molecular flexibility index (Phi) is 135. The molecular formula is C60H164N28O8. The van der Waals surface area contributed by atoms with Crippen molar-refractivity contribution in [2.45, 2.75) is 52.0 Å². The first-order valence-electron chi connectivity index (χ1n) is 35.6. The van der Waals surface area contributed by atoms with Gasteiger partial charge in [-0.3, -0.25) is 0 Å². The van der Waals surface area contributed by atoms with Gasteiger partial charge in [0.25, 0.3) is 0 Å². The third-order valence-corrected chi connectivity index (χ3v) is 11.4. The molecule has 96 heavy (non-hydrogen) atoms. The van der Waals surface area contributed by atoms with Gasteiger partial charge in [0.05, 0.1) is 51.3 Å². The van der Waals surface area contributed by atoms with Crippen molar-refractivity contribution in [1.82, 2.24) is 106 Å². The second-order valence-electron chi connectivity index (χ2n) is 21.4. The topological polar surface area (TPSA) is 611 Å². The quantitative estimate of drug-likeness (QED) is 0.0251. The molecule has 0 aromatic rings. The molecule has 36 heteroatoms. The molecule has 0 spiro atoms. The molecular weight excluding hydrogens is 1240 g/mol. The Morgan fingerprint density at radius 3 is 0.500 bits per heavy atom. The molecule has 4 atom stereocenters. The van der Waals surface area contributed by atoms with E-state index < -0.39 is 0 Å². The van der Waals surface area contributed by atoms with Crippen LogP contribution in [0.3, 0.4) is 0 Å². The van der Waals surface area contributed by atoms with Crippen LogP contribution in [-0.4, -0.2) is 406 Å². The molecule has 0 saturated heterocycles. The molecule has 0 bridgehead atoms. The van der Waals surface area contributed by atoms with E-state index in [2.05, 4.69) is 106 Å². The monoisotopic (exact) mass is 1410 g/mol. The maximum Gasteiger partial charge on any atom is 0.0636 e. The lowest BCUT2D eigenvalue weighted by Gasteiger charge is -2.11. The van der Waals surface area contributed by atoms with Gasteiger partial charge in [0.15, 0.2) is 0 Å². The zero-order valence-corrected chi connectivity index (χ0v) is 61.3. The Hall–Kier alpha value is -1.44. The fraction of sp³-hybridized carbons (Fsp3) is 1.00. The summed E-state index contributed by atoms with van der Waals surface area (Å²) in [5, 5.41) is 132. The van der Waals surface area contributed by atoms with Crippen molar-refractivity contribution in [2.75, 3.05) is 341 Å². The van der Waals surface area contributed by atoms with Crippen LogP contribution in [0, 0.1) is 0 Å². The lowest BCUT2D eigenvalue weighted by molar-refractivity contribution is 0.191. The van der Waals surface area contributed by atoms with E-state index >= 15 is 0 Å². The van der Waals surface area contributed by atoms with Crippen molar-refractivity contribution in [3.63, 3.8) is 0 Å². The highest BCUT2D eigenvalue weighted by Gasteiger charge is 1.98. The van der Waals surface area contributed by atoms with Gasteiger partial charge in [0.1, 0.15) is 0 Å². The molecule has 0 saturated carbocycles. The Balaban J connectivity index is -0.000000156. The number of nitrogens with one attached hydrogen (secondary N) is 20. The number of hydrogen-bond acceptors (Lipinski definition) is 36. The average Bonchev–Trinajstić information content (AvgIpc) is 3.58. The maximum absolute atomic E-state index is 8.95. The molecule has 0 fully saturated rings. The molecule has 0 rings (SSSR count). The standard InChI is InChI=1S/C11H29N5O.C10H27N5O.C9H24N4O.C8H22N4O.C7H19N3O.C6H17N3O.C5H14N2O.C4H12N2O/c1-11(10-17)16-9-8-15-7-6-14-5-4-13-3-2-12;11-1-2-12-3-4-13-5-6-14-7-8-15-9-10-16;1-9(14)8-13-7-6-12-5-4-11-3-2-10;9-1-2-10-3-4-11-5-6-12-7-8-13;1-7(11)6-10-5-4-9-3-2-8;7-1-2-8-3-4-9-5-6-10;1-5(8)4-7-3-2-6;5-1-2-6-3-4-7/h11,13-17H,2-10,12H2,1H3;12-16H,1-11H2;9,11-14H,2-8,10H2,1H3;10-13H,1-9H2;7,9-11H,2-6,8H2,1H3;8-10H,1-7H2;5,7-8H,2-4,6H2,1H3;6-7H,1-5H2. The van der Waals surface area contributed by atoms with Crippen LogP contribution < -0.4 is 152 Å². The van der Waals surface area contributed by atoms with Gasteiger partial charge in [0, 0.05) is 314 Å². The molecule has 36 nitrogen and oxygen atoms in total. The van der Waals surface area contributed by atoms with Crippen LogP contribution in [0.5, 0.6) is 0 Å². The predicted molar refractivity (Wildman–Crippen MR) is 405 cm³/mol. The van der Waals surface area contributed by atoms with Gasteiger partial charge >= 0.3 is 0 Å². The minimum Gasteiger partial charge on any atom is -0.395 e. The first-order chi connectivity index (χ1) is 46.8. The Bertz CT molecular complexity index is 1150. The lowest BCUT2D eigenvalue weighted by atomic mass is 10.3. The van der Waals surface area contributed by atoms with Gasteiger partial charge in [-0.2, -0.15) is 0 Å². The average molecular weight is 1410 g/mol. The van der Waals surface area contributed by atoms with Crippen molar-refractivity contribution >= 4 is 0 Å². The summed E-state index contributed by atoms with van der Waals surface area (Å²) in [5.74, 6) is 0. The Labute approximate surface area is 583 Å². The maximum atomic E-state index is 8.95. The van der Waals surface area contributed by atoms with E-state index in [-0.39, 0.29) is 57.4 Å². The fourth-order valence-corrected chi connectivity index (χ4v) is 6.48. The molecule has 0 aliphatic rings. The molecule has 0 aliphatic heterocycles. The second kappa shape index (κ2) is 118. The molecule has 592 valence electrons. The Morgan fingerprint density at radius 1 is 0.198 bits per heavy atom. The molecule has 0 heterocycles. The summed E-state index contributed by atoms with van der Waals surface area (Å²) in [6.45, 7) is 47.6. The van der Waals surface area contributed by atoms with Crippen LogP contribution >= 0.6 is 0 Å². The van der Waals surface area contributed by atoms with E-state index in [1.807, 2.05) is 6.92 Å². The number of rotatable bonds is 68. The third-order valence-electron chi connectivity index (χ3n) is 11.4. The summed E-state index contributed by atoms with van der Waals surface area (Å²) in [5.41, 5.74) is 42.1. The zero-order valence-electron chi connectivity index (χ0n) is 61.3. The van der Waals surface area contributed by atoms with Crippen LogP contribution in [-0.2, 0) is 0 Å². The lowest BCUT2D eigenvalue weighted by Crippen LogP contribution is -2.38. The van der Waals surface area contributed by atoms with Crippen LogP contribution in [0.15, 0.2) is 0 Å². The molecule has 0 aliphatic carbocycles. The highest BCUT2D eigenvalue weighted by molar-refractivity contribution is 4.63. The number of hydrogen-bond donors (Lipinski definition) is 36. The minimum atomic E-state index is -0.263. The molecule has 44 N–H and O–H groups in total. The van der Waals surface area contributed by atoms with E-state index in [1.165, 1.54) is 0 Å². The van der Waals surface area contributed by atoms with Crippen molar-refractivity contribution in [1.29, 1.82) is 0 Å². The largest absolute Gasteiger partial charge is 0.395 e. The first kappa shape index (κ1) is 110. The summed E-state index contributed by atoms with van der Waals surface area (Å²) < 4.78 is 0. The van der Waals surface area contributed by atoms with Crippen molar-refractivity contribution in [3.8, 4) is 0 Å². The summed E-state index contributed by atoms with van der Waals surface area (Å²) >= 11 is 0. The summed E-state index contributed by atoms with van der Waals surface area (Å²) in [6.07, 6.45) is -0.785. The molecule has 0 amide bonds. The normalized spacial score (nSPS) is 11.9. The van der Waals surface area contributed by atoms with Crippen LogP contribution in [0.25, 0.3) is 0 Å². The van der Waals surface area contributed by atoms with Crippen LogP contribution in [0.2, 0.25) is 0 Å². The number of nitrogens with two attached hydrogens (primary N) is 8. The predicted octanol–water partition coefficient (Wildman–Crippen LogP) is -15.2. The first-order valence-corrected chi connectivity index (χ1v) is 35.6. The van der Waals surface area contributed by atoms with Gasteiger partial charge in [-0.15, -0.1) is 0 Å². The smallest absolute Gasteiger partial charge is 0.0636 e. The van der Waals surface area contributed by atoms with Crippen molar-refractivity contribution in [3.05, 3.63) is 0 Å². The summed E-state index contributed by atoms with van der Waals surface area (Å²) in [7, 11) is 0. The SMILES string of the molecule is CC(CO)NCCNCCNCCNCCN.CC(O)CNCCN.CC(O)CNCCNCCN.CC(O)CNCCNCCNCCN.NCCNCCNCCNCCNCCO.NCCNCCNCCNCCO.NCCNCCNCCO.NCCNCCO. The van der Waals surface area contributed by atoms with Gasteiger partial charge in [-0.1, -0.05) is 0 Å². The van der Waals surface area contributed by atoms with Crippen molar-refractivity contribution < 1.29 is 40.9 Å². The second-order valence-corrected chi connectivity index (χ2v) is 21.4. The van der Waals surface area contributed by atoms with E-state index in [9.17, 15) is 0 Å². The zero-order chi connectivity index (χ0) is 73.2. The molecule has 0 aromatic carbocycles. The molecule has 0 radical (unpaired) electrons. The van der Waals surface area contributed by atoms with Crippen LogP contribution in [0.4, 0.5) is 0 Å². The fourth-order valence-electron chi connectivity index (χ4n) is 6.48. The number of aliphatic hydroxyl groups excluding tert-OH is 8. The summed E-state index contributed by atoms with van der Waals surface area (Å²) in [4.78, 5) is 0. The highest BCUT2D eigenvalue weighted by atomic mass is 16.3. The number of aliphatic hydroxyl groups is 8. The van der Waals surface area contributed by atoms with Crippen molar-refractivity contribution in [2.24, 2.45) is 45.9 Å². The van der Waals surface area contributed by atoms with Gasteiger partial charge in [-0.25, -0.2) is 0 Å². The molecule has 4 unspecified atom stereocenters. The van der Waals surface area contributed by atoms with Gasteiger partial charge in [-0.05, 0) is 27.7 Å². The molecule has 0 aromatic heterocycles. The van der Waals surface area contributed by atoms with E-state index in [0.29, 0.717) is 98.2 Å². The Morgan fingerprint density at radius 2 is 0.333 bits per heavy atom. The van der Waals surface area contributed by atoms with E-state index in [0.717, 1.165) is 209 Å². The van der Waals surface area contributed by atoms with Gasteiger partial charge in [0.2, 0.25) is 0 Å².